The second kappa shape index (κ2) is 6.17. The van der Waals surface area contributed by atoms with E-state index in [0.29, 0.717) is 12.6 Å². The van der Waals surface area contributed by atoms with E-state index in [0.717, 1.165) is 48.8 Å². The van der Waals surface area contributed by atoms with E-state index in [1.54, 1.807) is 4.90 Å². The van der Waals surface area contributed by atoms with Gasteiger partial charge in [-0.15, -0.1) is 0 Å². The van der Waals surface area contributed by atoms with Crippen LogP contribution in [0, 0.1) is 6.92 Å². The fraction of sp³-hybridized carbons (Fsp3) is 0.526. The van der Waals surface area contributed by atoms with Crippen LogP contribution in [0.25, 0.3) is 11.0 Å². The number of piperidine rings is 1. The maximum Gasteiger partial charge on any atom is 0.277 e. The van der Waals surface area contributed by atoms with E-state index < -0.39 is 0 Å². The first-order valence-corrected chi connectivity index (χ1v) is 9.09. The lowest BCUT2D eigenvalue weighted by molar-refractivity contribution is -0.127. The average molecular weight is 340 g/mol. The first-order valence-electron chi connectivity index (χ1n) is 9.09. The Balaban J connectivity index is 1.77. The number of hydrogen-bond acceptors (Lipinski definition) is 3. The van der Waals surface area contributed by atoms with Gasteiger partial charge in [0.1, 0.15) is 5.52 Å². The molecule has 25 heavy (non-hydrogen) atoms. The first kappa shape index (κ1) is 16.1. The van der Waals surface area contributed by atoms with E-state index in [4.69, 9.17) is 0 Å². The van der Waals surface area contributed by atoms with E-state index in [1.165, 1.54) is 12.5 Å². The second-order valence-electron chi connectivity index (χ2n) is 7.24. The fourth-order valence-corrected chi connectivity index (χ4v) is 4.04. The van der Waals surface area contributed by atoms with Crippen LogP contribution in [0.4, 0.5) is 0 Å². The molecule has 0 N–H and O–H groups in total. The largest absolute Gasteiger partial charge is 0.337 e. The van der Waals surface area contributed by atoms with E-state index in [-0.39, 0.29) is 17.5 Å². The number of nitrogens with zero attached hydrogens (tertiary/aromatic N) is 4. The molecule has 1 atom stereocenters. The minimum absolute atomic E-state index is 0.0120. The average Bonchev–Trinajstić information content (AvgIpc) is 3.01. The Morgan fingerprint density at radius 3 is 2.68 bits per heavy atom. The third-order valence-corrected chi connectivity index (χ3v) is 5.68. The number of amides is 1. The molecule has 0 radical (unpaired) electrons. The van der Waals surface area contributed by atoms with Gasteiger partial charge in [-0.3, -0.25) is 9.59 Å². The number of pyridine rings is 1. The van der Waals surface area contributed by atoms with Crippen LogP contribution in [0.15, 0.2) is 30.0 Å². The number of likely N-dealkylation sites (tertiary alicyclic amines) is 1. The molecule has 6 heteroatoms. The molecule has 3 heterocycles. The molecule has 0 aromatic carbocycles. The lowest BCUT2D eigenvalue weighted by Crippen LogP contribution is -2.42. The van der Waals surface area contributed by atoms with Crippen molar-refractivity contribution in [2.75, 3.05) is 13.1 Å². The van der Waals surface area contributed by atoms with Crippen LogP contribution in [0.2, 0.25) is 0 Å². The van der Waals surface area contributed by atoms with Crippen molar-refractivity contribution in [1.82, 2.24) is 19.0 Å². The zero-order chi connectivity index (χ0) is 17.6. The van der Waals surface area contributed by atoms with Crippen LogP contribution in [0.3, 0.4) is 0 Å². The van der Waals surface area contributed by atoms with Gasteiger partial charge in [-0.05, 0) is 50.7 Å². The summed E-state index contributed by atoms with van der Waals surface area (Å²) in [5.74, 6) is -0.0601. The van der Waals surface area contributed by atoms with Gasteiger partial charge in [-0.25, -0.2) is 4.98 Å². The molecule has 0 spiro atoms. The van der Waals surface area contributed by atoms with Gasteiger partial charge in [0.05, 0.1) is 17.9 Å². The number of aryl methyl sites for hydroxylation is 1. The fourth-order valence-electron chi connectivity index (χ4n) is 4.04. The highest BCUT2D eigenvalue weighted by atomic mass is 16.2. The monoisotopic (exact) mass is 340 g/mol. The summed E-state index contributed by atoms with van der Waals surface area (Å²) in [6.07, 6.45) is 10.3. The quantitative estimate of drug-likeness (QED) is 0.807. The highest BCUT2D eigenvalue weighted by Gasteiger charge is 2.27. The summed E-state index contributed by atoms with van der Waals surface area (Å²) in [6, 6.07) is 0.413. The Morgan fingerprint density at radius 1 is 1.24 bits per heavy atom. The Hall–Kier alpha value is -2.37. The molecule has 2 fully saturated rings. The topological polar surface area (TPSA) is 60.1 Å². The van der Waals surface area contributed by atoms with Crippen molar-refractivity contribution in [3.05, 3.63) is 41.1 Å². The minimum Gasteiger partial charge on any atom is -0.337 e. The van der Waals surface area contributed by atoms with Gasteiger partial charge >= 0.3 is 0 Å². The summed E-state index contributed by atoms with van der Waals surface area (Å²) < 4.78 is 3.90. The second-order valence-corrected chi connectivity index (χ2v) is 7.24. The lowest BCUT2D eigenvalue weighted by Gasteiger charge is -2.33. The van der Waals surface area contributed by atoms with Crippen molar-refractivity contribution in [3.8, 4) is 0 Å². The number of hydrogen-bond donors (Lipinski definition) is 0. The molecule has 1 saturated carbocycles. The van der Waals surface area contributed by atoms with Crippen LogP contribution >= 0.6 is 0 Å². The zero-order valence-electron chi connectivity index (χ0n) is 14.6. The van der Waals surface area contributed by atoms with Gasteiger partial charge in [-0.1, -0.05) is 6.58 Å². The molecule has 1 unspecified atom stereocenters. The molecular weight excluding hydrogens is 316 g/mol. The number of rotatable bonds is 3. The molecule has 1 aliphatic heterocycles. The molecule has 2 aliphatic rings. The molecule has 1 aliphatic carbocycles. The van der Waals surface area contributed by atoms with Crippen molar-refractivity contribution in [1.29, 1.82) is 0 Å². The first-order chi connectivity index (χ1) is 12.1. The van der Waals surface area contributed by atoms with E-state index in [1.807, 2.05) is 24.0 Å². The van der Waals surface area contributed by atoms with E-state index in [2.05, 4.69) is 16.1 Å². The summed E-state index contributed by atoms with van der Waals surface area (Å²) >= 11 is 0. The molecule has 2 aromatic rings. The third kappa shape index (κ3) is 2.60. The summed E-state index contributed by atoms with van der Waals surface area (Å²) in [6.45, 7) is 6.88. The minimum atomic E-state index is -0.0601. The summed E-state index contributed by atoms with van der Waals surface area (Å²) in [5.41, 5.74) is 2.56. The number of aromatic nitrogens is 3. The van der Waals surface area contributed by atoms with Crippen LogP contribution in [-0.4, -0.2) is 38.0 Å². The Labute approximate surface area is 146 Å². The van der Waals surface area contributed by atoms with Gasteiger partial charge in [0, 0.05) is 25.3 Å². The predicted octanol–water partition coefficient (Wildman–Crippen LogP) is 2.58. The predicted molar refractivity (Wildman–Crippen MR) is 96.7 cm³/mol. The third-order valence-electron chi connectivity index (χ3n) is 5.68. The van der Waals surface area contributed by atoms with Crippen LogP contribution in [0.1, 0.15) is 49.8 Å². The van der Waals surface area contributed by atoms with Gasteiger partial charge < -0.3 is 14.0 Å². The maximum absolute atomic E-state index is 13.2. The molecular formula is C19H24N4O2. The number of imidazole rings is 1. The van der Waals surface area contributed by atoms with Crippen LogP contribution in [-0.2, 0) is 4.79 Å². The maximum atomic E-state index is 13.2. The van der Waals surface area contributed by atoms with Gasteiger partial charge in [0.25, 0.3) is 5.56 Å². The molecule has 0 bridgehead atoms. The molecule has 132 valence electrons. The lowest BCUT2D eigenvalue weighted by atomic mass is 9.93. The number of carbonyl (C=O) groups excluding carboxylic acids is 1. The number of fused-ring (bicyclic) bond motifs is 1. The Morgan fingerprint density at radius 2 is 2.00 bits per heavy atom. The summed E-state index contributed by atoms with van der Waals surface area (Å²) in [4.78, 5) is 31.5. The van der Waals surface area contributed by atoms with E-state index >= 15 is 0 Å². The number of carbonyl (C=O) groups is 1. The van der Waals surface area contributed by atoms with Crippen molar-refractivity contribution in [3.63, 3.8) is 0 Å². The highest BCUT2D eigenvalue weighted by Crippen LogP contribution is 2.33. The normalized spacial score (nSPS) is 21.3. The smallest absolute Gasteiger partial charge is 0.277 e. The SMILES string of the molecule is C=CC(=O)N1CCCC(n2cc(C)c3ncn(C4CCC4)c3c2=O)C1. The summed E-state index contributed by atoms with van der Waals surface area (Å²) in [7, 11) is 0. The van der Waals surface area contributed by atoms with Crippen molar-refractivity contribution < 1.29 is 4.79 Å². The zero-order valence-corrected chi connectivity index (χ0v) is 14.6. The van der Waals surface area contributed by atoms with Crippen molar-refractivity contribution >= 4 is 16.9 Å². The molecule has 6 nitrogen and oxygen atoms in total. The Bertz CT molecular complexity index is 891. The highest BCUT2D eigenvalue weighted by molar-refractivity contribution is 5.87. The van der Waals surface area contributed by atoms with Crippen LogP contribution in [0.5, 0.6) is 0 Å². The van der Waals surface area contributed by atoms with Crippen molar-refractivity contribution in [2.45, 2.75) is 51.1 Å². The van der Waals surface area contributed by atoms with Gasteiger partial charge in [0.15, 0.2) is 0 Å². The Kier molecular flexibility index (Phi) is 3.98. The van der Waals surface area contributed by atoms with Gasteiger partial charge in [-0.2, -0.15) is 0 Å². The molecule has 2 aromatic heterocycles. The van der Waals surface area contributed by atoms with Crippen LogP contribution < -0.4 is 5.56 Å². The molecule has 1 saturated heterocycles. The molecule has 1 amide bonds. The van der Waals surface area contributed by atoms with Crippen molar-refractivity contribution in [2.24, 2.45) is 0 Å². The van der Waals surface area contributed by atoms with Gasteiger partial charge in [0.2, 0.25) is 5.91 Å². The summed E-state index contributed by atoms with van der Waals surface area (Å²) in [5, 5.41) is 0. The molecule has 4 rings (SSSR count). The standard InChI is InChI=1S/C19H24N4O2/c1-3-16(24)21-9-5-8-15(11-21)22-10-13(2)17-18(19(22)25)23(12-20-17)14-6-4-7-14/h3,10,12,14-15H,1,4-9,11H2,2H3. The van der Waals surface area contributed by atoms with E-state index in [9.17, 15) is 9.59 Å².